The second-order valence-corrected chi connectivity index (χ2v) is 7.97. The van der Waals surface area contributed by atoms with E-state index < -0.39 is 0 Å². The number of nitrogens with one attached hydrogen (secondary N) is 1. The van der Waals surface area contributed by atoms with E-state index in [-0.39, 0.29) is 17.7 Å². The Morgan fingerprint density at radius 2 is 1.65 bits per heavy atom. The molecule has 3 fully saturated rings. The summed E-state index contributed by atoms with van der Waals surface area (Å²) in [6, 6.07) is 8.46. The van der Waals surface area contributed by atoms with Gasteiger partial charge in [0.05, 0.1) is 5.92 Å². The SMILES string of the molecule is O=C(Nc1ccc(N2CCCC2)cc1)C1CC(=O)N(C2CCCCC2)C1. The summed E-state index contributed by atoms with van der Waals surface area (Å²) >= 11 is 0. The molecular formula is C21H29N3O2. The lowest BCUT2D eigenvalue weighted by Gasteiger charge is -2.31. The predicted octanol–water partition coefficient (Wildman–Crippen LogP) is 3.41. The van der Waals surface area contributed by atoms with Crippen molar-refractivity contribution < 1.29 is 9.59 Å². The van der Waals surface area contributed by atoms with Crippen molar-refractivity contribution in [3.63, 3.8) is 0 Å². The fraction of sp³-hybridized carbons (Fsp3) is 0.619. The predicted molar refractivity (Wildman–Crippen MR) is 103 cm³/mol. The van der Waals surface area contributed by atoms with E-state index in [1.54, 1.807) is 0 Å². The molecule has 1 unspecified atom stereocenters. The third-order valence-electron chi connectivity index (χ3n) is 6.15. The number of amides is 2. The number of nitrogens with zero attached hydrogens (tertiary/aromatic N) is 2. The highest BCUT2D eigenvalue weighted by molar-refractivity contribution is 5.97. The third kappa shape index (κ3) is 3.71. The molecule has 1 saturated carbocycles. The van der Waals surface area contributed by atoms with Crippen molar-refractivity contribution in [3.05, 3.63) is 24.3 Å². The molecule has 5 heteroatoms. The van der Waals surface area contributed by atoms with Crippen LogP contribution in [0.1, 0.15) is 51.4 Å². The minimum absolute atomic E-state index is 0.0226. The first kappa shape index (κ1) is 17.4. The van der Waals surface area contributed by atoms with Crippen LogP contribution < -0.4 is 10.2 Å². The minimum Gasteiger partial charge on any atom is -0.372 e. The summed E-state index contributed by atoms with van der Waals surface area (Å²) in [7, 11) is 0. The van der Waals surface area contributed by atoms with E-state index in [9.17, 15) is 9.59 Å². The van der Waals surface area contributed by atoms with Gasteiger partial charge in [-0.1, -0.05) is 19.3 Å². The van der Waals surface area contributed by atoms with Crippen molar-refractivity contribution in [3.8, 4) is 0 Å². The number of anilines is 2. The van der Waals surface area contributed by atoms with Crippen molar-refractivity contribution >= 4 is 23.2 Å². The smallest absolute Gasteiger partial charge is 0.229 e. The number of hydrogen-bond acceptors (Lipinski definition) is 3. The number of carbonyl (C=O) groups is 2. The largest absolute Gasteiger partial charge is 0.372 e. The minimum atomic E-state index is -0.220. The van der Waals surface area contributed by atoms with Crippen LogP contribution in [0.5, 0.6) is 0 Å². The van der Waals surface area contributed by atoms with Crippen LogP contribution in [-0.2, 0) is 9.59 Å². The quantitative estimate of drug-likeness (QED) is 0.900. The zero-order valence-corrected chi connectivity index (χ0v) is 15.5. The molecule has 2 aliphatic heterocycles. The van der Waals surface area contributed by atoms with Crippen LogP contribution >= 0.6 is 0 Å². The monoisotopic (exact) mass is 355 g/mol. The van der Waals surface area contributed by atoms with Gasteiger partial charge in [-0.05, 0) is 49.9 Å². The standard InChI is InChI=1S/C21H29N3O2/c25-20-14-16(15-24(20)19-6-2-1-3-7-19)21(26)22-17-8-10-18(11-9-17)23-12-4-5-13-23/h8-11,16,19H,1-7,12-15H2,(H,22,26). The highest BCUT2D eigenvalue weighted by Crippen LogP contribution is 2.29. The maximum atomic E-state index is 12.6. The molecule has 0 aromatic heterocycles. The molecule has 5 nitrogen and oxygen atoms in total. The van der Waals surface area contributed by atoms with Crippen LogP contribution in [0, 0.1) is 5.92 Å². The maximum Gasteiger partial charge on any atom is 0.229 e. The fourth-order valence-corrected chi connectivity index (χ4v) is 4.63. The first-order chi connectivity index (χ1) is 12.7. The van der Waals surface area contributed by atoms with E-state index in [0.717, 1.165) is 31.6 Å². The molecule has 0 radical (unpaired) electrons. The zero-order chi connectivity index (χ0) is 17.9. The average Bonchev–Trinajstić information content (AvgIpc) is 3.33. The molecule has 1 aliphatic carbocycles. The molecule has 1 atom stereocenters. The highest BCUT2D eigenvalue weighted by atomic mass is 16.2. The average molecular weight is 355 g/mol. The van der Waals surface area contributed by atoms with Crippen molar-refractivity contribution in [2.45, 2.75) is 57.4 Å². The molecule has 2 heterocycles. The van der Waals surface area contributed by atoms with Gasteiger partial charge in [-0.25, -0.2) is 0 Å². The Morgan fingerprint density at radius 1 is 0.962 bits per heavy atom. The van der Waals surface area contributed by atoms with Gasteiger partial charge in [0.2, 0.25) is 11.8 Å². The van der Waals surface area contributed by atoms with Crippen LogP contribution in [0.3, 0.4) is 0 Å². The Balaban J connectivity index is 1.33. The molecule has 2 saturated heterocycles. The molecule has 3 aliphatic rings. The van der Waals surface area contributed by atoms with Gasteiger partial charge >= 0.3 is 0 Å². The van der Waals surface area contributed by atoms with Gasteiger partial charge in [0.15, 0.2) is 0 Å². The van der Waals surface area contributed by atoms with E-state index in [4.69, 9.17) is 0 Å². The Kier molecular flexibility index (Phi) is 5.14. The van der Waals surface area contributed by atoms with Crippen LogP contribution in [0.4, 0.5) is 11.4 Å². The summed E-state index contributed by atoms with van der Waals surface area (Å²) in [5.74, 6) is -0.0882. The normalized spacial score (nSPS) is 24.3. The van der Waals surface area contributed by atoms with Crippen LogP contribution in [0.15, 0.2) is 24.3 Å². The van der Waals surface area contributed by atoms with Crippen molar-refractivity contribution in [1.29, 1.82) is 0 Å². The van der Waals surface area contributed by atoms with E-state index in [0.29, 0.717) is 19.0 Å². The van der Waals surface area contributed by atoms with Crippen LogP contribution in [0.2, 0.25) is 0 Å². The summed E-state index contributed by atoms with van der Waals surface area (Å²) < 4.78 is 0. The molecular weight excluding hydrogens is 326 g/mol. The van der Waals surface area contributed by atoms with Crippen molar-refractivity contribution in [1.82, 2.24) is 4.90 Å². The van der Waals surface area contributed by atoms with Gasteiger partial charge in [-0.2, -0.15) is 0 Å². The van der Waals surface area contributed by atoms with Crippen LogP contribution in [0.25, 0.3) is 0 Å². The number of benzene rings is 1. The number of hydrogen-bond donors (Lipinski definition) is 1. The lowest BCUT2D eigenvalue weighted by Crippen LogP contribution is -2.38. The molecule has 1 aromatic rings. The van der Waals surface area contributed by atoms with Gasteiger partial charge in [0.1, 0.15) is 0 Å². The molecule has 1 N–H and O–H groups in total. The number of carbonyl (C=O) groups excluding carboxylic acids is 2. The van der Waals surface area contributed by atoms with Gasteiger partial charge in [-0.15, -0.1) is 0 Å². The zero-order valence-electron chi connectivity index (χ0n) is 15.5. The second-order valence-electron chi connectivity index (χ2n) is 7.97. The molecule has 0 bridgehead atoms. The Hall–Kier alpha value is -2.04. The lowest BCUT2D eigenvalue weighted by molar-refractivity contribution is -0.130. The Morgan fingerprint density at radius 3 is 2.35 bits per heavy atom. The first-order valence-corrected chi connectivity index (χ1v) is 10.2. The molecule has 0 spiro atoms. The molecule has 4 rings (SSSR count). The highest BCUT2D eigenvalue weighted by Gasteiger charge is 2.38. The van der Waals surface area contributed by atoms with Gasteiger partial charge < -0.3 is 15.1 Å². The second kappa shape index (κ2) is 7.68. The summed E-state index contributed by atoms with van der Waals surface area (Å²) in [6.07, 6.45) is 8.74. The van der Waals surface area contributed by atoms with Gasteiger partial charge in [0, 0.05) is 43.5 Å². The van der Waals surface area contributed by atoms with Crippen LogP contribution in [-0.4, -0.2) is 42.4 Å². The molecule has 140 valence electrons. The summed E-state index contributed by atoms with van der Waals surface area (Å²) in [5, 5.41) is 3.01. The van der Waals surface area contributed by atoms with E-state index in [1.807, 2.05) is 17.0 Å². The summed E-state index contributed by atoms with van der Waals surface area (Å²) in [4.78, 5) is 29.4. The Bertz CT molecular complexity index is 646. The van der Waals surface area contributed by atoms with Gasteiger partial charge in [-0.3, -0.25) is 9.59 Å². The summed E-state index contributed by atoms with van der Waals surface area (Å²) in [5.41, 5.74) is 2.04. The van der Waals surface area contributed by atoms with Crippen molar-refractivity contribution in [2.75, 3.05) is 29.9 Å². The fourth-order valence-electron chi connectivity index (χ4n) is 4.63. The number of likely N-dealkylation sites (tertiary alicyclic amines) is 1. The Labute approximate surface area is 155 Å². The maximum absolute atomic E-state index is 12.6. The van der Waals surface area contributed by atoms with Crippen molar-refractivity contribution in [2.24, 2.45) is 5.92 Å². The number of rotatable bonds is 4. The van der Waals surface area contributed by atoms with Gasteiger partial charge in [0.25, 0.3) is 0 Å². The first-order valence-electron chi connectivity index (χ1n) is 10.2. The third-order valence-corrected chi connectivity index (χ3v) is 6.15. The lowest BCUT2D eigenvalue weighted by atomic mass is 9.94. The van der Waals surface area contributed by atoms with E-state index >= 15 is 0 Å². The summed E-state index contributed by atoms with van der Waals surface area (Å²) in [6.45, 7) is 2.82. The molecule has 1 aromatic carbocycles. The topological polar surface area (TPSA) is 52.7 Å². The molecule has 2 amide bonds. The molecule has 26 heavy (non-hydrogen) atoms. The van der Waals surface area contributed by atoms with E-state index in [2.05, 4.69) is 22.3 Å². The van der Waals surface area contributed by atoms with E-state index in [1.165, 1.54) is 37.8 Å².